The number of aromatic nitrogens is 1. The third-order valence-electron chi connectivity index (χ3n) is 8.09. The van der Waals surface area contributed by atoms with E-state index in [0.29, 0.717) is 22.7 Å². The largest absolute Gasteiger partial charge is 0.507 e. The lowest BCUT2D eigenvalue weighted by atomic mass is 9.86. The predicted octanol–water partition coefficient (Wildman–Crippen LogP) is 10.7. The van der Waals surface area contributed by atoms with E-state index >= 15 is 0 Å². The summed E-state index contributed by atoms with van der Waals surface area (Å²) in [5.74, 6) is 0.689. The van der Waals surface area contributed by atoms with Crippen LogP contribution in [0.4, 0.5) is 5.69 Å². The first kappa shape index (κ1) is 27.4. The van der Waals surface area contributed by atoms with Crippen molar-refractivity contribution >= 4 is 33.8 Å². The monoisotopic (exact) mass is 572 g/mol. The summed E-state index contributed by atoms with van der Waals surface area (Å²) in [5, 5.41) is 12.9. The molecule has 0 saturated carbocycles. The Balaban J connectivity index is 1.32. The second kappa shape index (κ2) is 11.0. The summed E-state index contributed by atoms with van der Waals surface area (Å²) < 4.78 is 6.37. The lowest BCUT2D eigenvalue weighted by Gasteiger charge is -2.19. The van der Waals surface area contributed by atoms with Crippen LogP contribution in [0.1, 0.15) is 31.9 Å². The van der Waals surface area contributed by atoms with Crippen LogP contribution in [-0.4, -0.2) is 16.3 Å². The molecule has 7 aromatic rings. The molecule has 0 fully saturated rings. The number of aliphatic imine (C=N–C) groups is 1. The van der Waals surface area contributed by atoms with E-state index in [1.165, 1.54) is 16.5 Å². The normalized spacial score (nSPS) is 12.0. The van der Waals surface area contributed by atoms with Gasteiger partial charge in [0.2, 0.25) is 5.89 Å². The van der Waals surface area contributed by atoms with E-state index in [1.807, 2.05) is 54.6 Å². The van der Waals surface area contributed by atoms with Gasteiger partial charge in [0, 0.05) is 17.3 Å². The Morgan fingerprint density at radius 1 is 0.659 bits per heavy atom. The number of fused-ring (bicyclic) bond motifs is 2. The van der Waals surface area contributed by atoms with Crippen molar-refractivity contribution in [2.75, 3.05) is 0 Å². The molecule has 214 valence electrons. The highest BCUT2D eigenvalue weighted by atomic mass is 16.3. The number of para-hydroxylation sites is 2. The number of benzene rings is 6. The van der Waals surface area contributed by atoms with Gasteiger partial charge in [-0.15, -0.1) is 0 Å². The average Bonchev–Trinajstić information content (AvgIpc) is 3.48. The van der Waals surface area contributed by atoms with Crippen molar-refractivity contribution in [1.82, 2.24) is 4.98 Å². The maximum Gasteiger partial charge on any atom is 0.229 e. The molecule has 1 N–H and O–H groups in total. The number of aromatic hydroxyl groups is 1. The lowest BCUT2D eigenvalue weighted by molar-refractivity contribution is 0.473. The third kappa shape index (κ3) is 5.05. The van der Waals surface area contributed by atoms with Gasteiger partial charge in [0.15, 0.2) is 5.58 Å². The summed E-state index contributed by atoms with van der Waals surface area (Å²) >= 11 is 0. The second-order valence-corrected chi connectivity index (χ2v) is 12.0. The molecule has 0 spiro atoms. The number of hydrogen-bond acceptors (Lipinski definition) is 4. The van der Waals surface area contributed by atoms with Crippen LogP contribution >= 0.6 is 0 Å². The summed E-state index contributed by atoms with van der Waals surface area (Å²) in [5.41, 5.74) is 9.25. The fourth-order valence-corrected chi connectivity index (χ4v) is 5.72. The van der Waals surface area contributed by atoms with Crippen LogP contribution in [0.5, 0.6) is 5.75 Å². The minimum absolute atomic E-state index is 0.0444. The number of phenolic OH excluding ortho intramolecular Hbond substituents is 1. The van der Waals surface area contributed by atoms with Gasteiger partial charge < -0.3 is 9.52 Å². The number of rotatable bonds is 5. The van der Waals surface area contributed by atoms with Crippen molar-refractivity contribution < 1.29 is 9.52 Å². The molecule has 0 saturated heterocycles. The molecule has 0 amide bonds. The molecule has 6 aromatic carbocycles. The topological polar surface area (TPSA) is 58.6 Å². The van der Waals surface area contributed by atoms with Crippen LogP contribution < -0.4 is 0 Å². The van der Waals surface area contributed by atoms with Crippen molar-refractivity contribution in [2.45, 2.75) is 26.2 Å². The van der Waals surface area contributed by atoms with Crippen molar-refractivity contribution in [2.24, 2.45) is 4.99 Å². The van der Waals surface area contributed by atoms with Crippen molar-refractivity contribution in [3.63, 3.8) is 0 Å². The van der Waals surface area contributed by atoms with E-state index in [-0.39, 0.29) is 11.2 Å². The Morgan fingerprint density at radius 3 is 2.14 bits per heavy atom. The molecule has 44 heavy (non-hydrogen) atoms. The zero-order valence-corrected chi connectivity index (χ0v) is 25.0. The van der Waals surface area contributed by atoms with E-state index in [9.17, 15) is 5.11 Å². The molecule has 0 aliphatic carbocycles. The Labute approximate surface area is 257 Å². The van der Waals surface area contributed by atoms with Crippen LogP contribution in [-0.2, 0) is 5.41 Å². The molecule has 0 aliphatic heterocycles. The third-order valence-corrected chi connectivity index (χ3v) is 8.09. The van der Waals surface area contributed by atoms with Gasteiger partial charge in [0.1, 0.15) is 11.3 Å². The molecular formula is C40H32N2O2. The SMILES string of the molecule is CC(C)(C)c1ccc(O)c(C=Nc2ccccc2-c2nc3c(-c4ccc(-c5ccccc5)c5ccccc45)cccc3o2)c1. The van der Waals surface area contributed by atoms with Crippen LogP contribution in [0.3, 0.4) is 0 Å². The maximum absolute atomic E-state index is 10.5. The minimum atomic E-state index is -0.0444. The average molecular weight is 573 g/mol. The molecule has 4 heteroatoms. The Bertz CT molecular complexity index is 2170. The predicted molar refractivity (Wildman–Crippen MR) is 182 cm³/mol. The zero-order valence-electron chi connectivity index (χ0n) is 25.0. The van der Waals surface area contributed by atoms with Crippen molar-refractivity contribution in [1.29, 1.82) is 0 Å². The molecule has 0 radical (unpaired) electrons. The zero-order chi connectivity index (χ0) is 30.3. The standard InChI is InChI=1S/C40H32N2O2/c1-40(2,3)28-20-23-36(43)27(24-28)25-41-35-18-10-9-16-34(35)39-42-38-33(17-11-19-37(38)44-39)32-22-21-29(26-12-5-4-6-13-26)30-14-7-8-15-31(30)32/h4-25,43H,1-3H3. The highest BCUT2D eigenvalue weighted by Crippen LogP contribution is 2.40. The highest BCUT2D eigenvalue weighted by molar-refractivity contribution is 6.08. The van der Waals surface area contributed by atoms with Crippen molar-refractivity contribution in [3.05, 3.63) is 139 Å². The highest BCUT2D eigenvalue weighted by Gasteiger charge is 2.18. The van der Waals surface area contributed by atoms with Gasteiger partial charge >= 0.3 is 0 Å². The molecule has 7 rings (SSSR count). The molecule has 0 atom stereocenters. The summed E-state index contributed by atoms with van der Waals surface area (Å²) in [6, 6.07) is 42.9. The van der Waals surface area contributed by atoms with Crippen LogP contribution in [0.15, 0.2) is 137 Å². The number of hydrogen-bond donors (Lipinski definition) is 1. The first-order chi connectivity index (χ1) is 21.4. The molecular weight excluding hydrogens is 540 g/mol. The van der Waals surface area contributed by atoms with Crippen LogP contribution in [0.25, 0.3) is 55.6 Å². The van der Waals surface area contributed by atoms with Gasteiger partial charge in [0.25, 0.3) is 0 Å². The molecule has 1 heterocycles. The van der Waals surface area contributed by atoms with Gasteiger partial charge in [0.05, 0.1) is 11.3 Å². The fourth-order valence-electron chi connectivity index (χ4n) is 5.72. The Kier molecular flexibility index (Phi) is 6.83. The van der Waals surface area contributed by atoms with Crippen LogP contribution in [0, 0.1) is 0 Å². The smallest absolute Gasteiger partial charge is 0.229 e. The number of oxazole rings is 1. The van der Waals surface area contributed by atoms with Gasteiger partial charge in [-0.25, -0.2) is 4.98 Å². The summed E-state index contributed by atoms with van der Waals surface area (Å²) in [6.07, 6.45) is 1.71. The summed E-state index contributed by atoms with van der Waals surface area (Å²) in [4.78, 5) is 9.82. The molecule has 4 nitrogen and oxygen atoms in total. The van der Waals surface area contributed by atoms with Crippen molar-refractivity contribution in [3.8, 4) is 39.5 Å². The lowest BCUT2D eigenvalue weighted by Crippen LogP contribution is -2.11. The summed E-state index contributed by atoms with van der Waals surface area (Å²) in [6.45, 7) is 6.45. The van der Waals surface area contributed by atoms with E-state index < -0.39 is 0 Å². The van der Waals surface area contributed by atoms with E-state index in [1.54, 1.807) is 12.3 Å². The Hall–Kier alpha value is -5.48. The molecule has 1 aromatic heterocycles. The van der Waals surface area contributed by atoms with E-state index in [2.05, 4.69) is 87.5 Å². The van der Waals surface area contributed by atoms with E-state index in [0.717, 1.165) is 33.2 Å². The molecule has 0 aliphatic rings. The molecule has 0 unspecified atom stereocenters. The molecule has 0 bridgehead atoms. The number of nitrogens with zero attached hydrogens (tertiary/aromatic N) is 2. The van der Waals surface area contributed by atoms with E-state index in [4.69, 9.17) is 14.4 Å². The first-order valence-electron chi connectivity index (χ1n) is 14.8. The number of phenols is 1. The van der Waals surface area contributed by atoms with Gasteiger partial charge in [-0.3, -0.25) is 4.99 Å². The van der Waals surface area contributed by atoms with Gasteiger partial charge in [-0.1, -0.05) is 118 Å². The van der Waals surface area contributed by atoms with Gasteiger partial charge in [-0.05, 0) is 68.8 Å². The van der Waals surface area contributed by atoms with Crippen LogP contribution in [0.2, 0.25) is 0 Å². The van der Waals surface area contributed by atoms with Gasteiger partial charge in [-0.2, -0.15) is 0 Å². The second-order valence-electron chi connectivity index (χ2n) is 12.0. The quantitative estimate of drug-likeness (QED) is 0.209. The summed E-state index contributed by atoms with van der Waals surface area (Å²) in [7, 11) is 0. The maximum atomic E-state index is 10.5. The first-order valence-corrected chi connectivity index (χ1v) is 14.8. The Morgan fingerprint density at radius 2 is 1.34 bits per heavy atom. The fraction of sp³-hybridized carbons (Fsp3) is 0.100. The minimum Gasteiger partial charge on any atom is -0.507 e.